The Labute approximate surface area is 122 Å². The Morgan fingerprint density at radius 3 is 2.85 bits per heavy atom. The molecule has 2 aromatic rings. The molecule has 1 aromatic heterocycles. The number of aromatic nitrogens is 2. The van der Waals surface area contributed by atoms with Gasteiger partial charge in [-0.1, -0.05) is 5.16 Å². The van der Waals surface area contributed by atoms with Crippen LogP contribution < -0.4 is 10.1 Å². The predicted molar refractivity (Wildman–Crippen MR) is 75.7 cm³/mol. The molecule has 0 aliphatic rings. The number of hydrogen-bond donors (Lipinski definition) is 1. The molecule has 1 heterocycles. The molecule has 5 nitrogen and oxygen atoms in total. The molecule has 1 aromatic carbocycles. The molecule has 0 saturated carbocycles. The van der Waals surface area contributed by atoms with Gasteiger partial charge in [0.1, 0.15) is 11.6 Å². The van der Waals surface area contributed by atoms with Gasteiger partial charge in [-0.15, -0.1) is 12.4 Å². The van der Waals surface area contributed by atoms with E-state index in [1.807, 2.05) is 14.0 Å². The van der Waals surface area contributed by atoms with Gasteiger partial charge in [0.05, 0.1) is 12.7 Å². The standard InChI is InChI=1S/C13H16FN3O2.ClH/c1-8(15-2)6-12-16-13(19-17-12)10-7-9(14)4-5-11(10)18-3;/h4-5,7-8,15H,6H2,1-3H3;1H. The Bertz CT molecular complexity index is 562. The summed E-state index contributed by atoms with van der Waals surface area (Å²) in [5.74, 6) is 0.954. The van der Waals surface area contributed by atoms with Crippen molar-refractivity contribution in [2.45, 2.75) is 19.4 Å². The number of methoxy groups -OCH3 is 1. The first-order valence-corrected chi connectivity index (χ1v) is 5.97. The van der Waals surface area contributed by atoms with E-state index in [0.717, 1.165) is 0 Å². The van der Waals surface area contributed by atoms with Crippen LogP contribution in [-0.4, -0.2) is 30.3 Å². The highest BCUT2D eigenvalue weighted by atomic mass is 35.5. The molecule has 1 unspecified atom stereocenters. The summed E-state index contributed by atoms with van der Waals surface area (Å²) in [6, 6.07) is 4.41. The molecule has 2 rings (SSSR count). The first-order valence-electron chi connectivity index (χ1n) is 5.97. The normalized spacial score (nSPS) is 11.8. The highest BCUT2D eigenvalue weighted by Gasteiger charge is 2.15. The number of hydrogen-bond acceptors (Lipinski definition) is 5. The van der Waals surface area contributed by atoms with Crippen molar-refractivity contribution in [1.82, 2.24) is 15.5 Å². The number of nitrogens with zero attached hydrogens (tertiary/aromatic N) is 2. The molecule has 0 fully saturated rings. The fraction of sp³-hybridized carbons (Fsp3) is 0.385. The average Bonchev–Trinajstić information content (AvgIpc) is 2.86. The zero-order chi connectivity index (χ0) is 13.8. The van der Waals surface area contributed by atoms with Crippen LogP contribution in [-0.2, 0) is 6.42 Å². The van der Waals surface area contributed by atoms with E-state index < -0.39 is 0 Å². The lowest BCUT2D eigenvalue weighted by Crippen LogP contribution is -2.24. The van der Waals surface area contributed by atoms with Gasteiger partial charge in [0.25, 0.3) is 5.89 Å². The van der Waals surface area contributed by atoms with E-state index in [4.69, 9.17) is 9.26 Å². The second-order valence-electron chi connectivity index (χ2n) is 4.25. The smallest absolute Gasteiger partial charge is 0.261 e. The van der Waals surface area contributed by atoms with Crippen molar-refractivity contribution >= 4 is 12.4 Å². The summed E-state index contributed by atoms with van der Waals surface area (Å²) in [7, 11) is 3.37. The first kappa shape index (κ1) is 16.4. The molecule has 0 saturated heterocycles. The second kappa shape index (κ2) is 7.21. The van der Waals surface area contributed by atoms with Gasteiger partial charge in [-0.3, -0.25) is 0 Å². The van der Waals surface area contributed by atoms with E-state index >= 15 is 0 Å². The minimum Gasteiger partial charge on any atom is -0.496 e. The lowest BCUT2D eigenvalue weighted by atomic mass is 10.2. The van der Waals surface area contributed by atoms with Crippen LogP contribution in [0.1, 0.15) is 12.7 Å². The van der Waals surface area contributed by atoms with E-state index in [1.165, 1.54) is 25.3 Å². The lowest BCUT2D eigenvalue weighted by molar-refractivity contribution is 0.400. The van der Waals surface area contributed by atoms with Crippen LogP contribution in [0.3, 0.4) is 0 Å². The van der Waals surface area contributed by atoms with Crippen molar-refractivity contribution in [3.63, 3.8) is 0 Å². The van der Waals surface area contributed by atoms with Gasteiger partial charge >= 0.3 is 0 Å². The van der Waals surface area contributed by atoms with Gasteiger partial charge in [-0.25, -0.2) is 4.39 Å². The molecule has 20 heavy (non-hydrogen) atoms. The number of ether oxygens (including phenoxy) is 1. The average molecular weight is 302 g/mol. The van der Waals surface area contributed by atoms with Crippen molar-refractivity contribution in [2.75, 3.05) is 14.2 Å². The van der Waals surface area contributed by atoms with Crippen molar-refractivity contribution in [2.24, 2.45) is 0 Å². The van der Waals surface area contributed by atoms with Gasteiger partial charge in [0.2, 0.25) is 0 Å². The molecule has 0 aliphatic heterocycles. The SMILES string of the molecule is CNC(C)Cc1noc(-c2cc(F)ccc2OC)n1.Cl. The van der Waals surface area contributed by atoms with E-state index in [2.05, 4.69) is 15.5 Å². The number of nitrogens with one attached hydrogen (secondary N) is 1. The monoisotopic (exact) mass is 301 g/mol. The number of rotatable bonds is 5. The third-order valence-corrected chi connectivity index (χ3v) is 2.84. The van der Waals surface area contributed by atoms with Crippen LogP contribution in [0.4, 0.5) is 4.39 Å². The Kier molecular flexibility index (Phi) is 5.91. The minimum atomic E-state index is -0.376. The summed E-state index contributed by atoms with van der Waals surface area (Å²) in [5, 5.41) is 6.97. The van der Waals surface area contributed by atoms with Gasteiger partial charge < -0.3 is 14.6 Å². The zero-order valence-corrected chi connectivity index (χ0v) is 12.3. The Balaban J connectivity index is 0.00000200. The molecule has 0 spiro atoms. The Hall–Kier alpha value is -1.66. The molecule has 1 N–H and O–H groups in total. The maximum Gasteiger partial charge on any atom is 0.261 e. The molecule has 0 amide bonds. The summed E-state index contributed by atoms with van der Waals surface area (Å²) >= 11 is 0. The summed E-state index contributed by atoms with van der Waals surface area (Å²) in [6.07, 6.45) is 0.637. The van der Waals surface area contributed by atoms with Crippen molar-refractivity contribution < 1.29 is 13.7 Å². The quantitative estimate of drug-likeness (QED) is 0.919. The first-order chi connectivity index (χ1) is 9.13. The van der Waals surface area contributed by atoms with Crippen molar-refractivity contribution in [3.05, 3.63) is 29.8 Å². The van der Waals surface area contributed by atoms with E-state index in [-0.39, 0.29) is 30.2 Å². The summed E-state index contributed by atoms with van der Waals surface area (Å²) < 4.78 is 23.6. The topological polar surface area (TPSA) is 60.2 Å². The molecular formula is C13H17ClFN3O2. The second-order valence-corrected chi connectivity index (χ2v) is 4.25. The Morgan fingerprint density at radius 1 is 1.45 bits per heavy atom. The number of likely N-dealkylation sites (N-methyl/N-ethyl adjacent to an activating group) is 1. The van der Waals surface area contributed by atoms with Crippen molar-refractivity contribution in [3.8, 4) is 17.2 Å². The Morgan fingerprint density at radius 2 is 2.20 bits per heavy atom. The fourth-order valence-corrected chi connectivity index (χ4v) is 1.67. The van der Waals surface area contributed by atoms with Crippen LogP contribution in [0, 0.1) is 5.82 Å². The van der Waals surface area contributed by atoms with Gasteiger partial charge in [-0.05, 0) is 32.2 Å². The lowest BCUT2D eigenvalue weighted by Gasteiger charge is -2.05. The maximum absolute atomic E-state index is 13.3. The van der Waals surface area contributed by atoms with Gasteiger partial charge in [-0.2, -0.15) is 4.98 Å². The van der Waals surface area contributed by atoms with E-state index in [9.17, 15) is 4.39 Å². The largest absolute Gasteiger partial charge is 0.496 e. The van der Waals surface area contributed by atoms with Gasteiger partial charge in [0.15, 0.2) is 5.82 Å². The maximum atomic E-state index is 13.3. The highest BCUT2D eigenvalue weighted by Crippen LogP contribution is 2.29. The van der Waals surface area contributed by atoms with Crippen LogP contribution in [0.15, 0.2) is 22.7 Å². The van der Waals surface area contributed by atoms with Crippen LogP contribution in [0.25, 0.3) is 11.5 Å². The summed E-state index contributed by atoms with van der Waals surface area (Å²) in [5.41, 5.74) is 0.457. The molecule has 0 radical (unpaired) electrons. The van der Waals surface area contributed by atoms with Crippen LogP contribution >= 0.6 is 12.4 Å². The molecule has 1 atom stereocenters. The van der Waals surface area contributed by atoms with E-state index in [0.29, 0.717) is 23.6 Å². The number of halogens is 2. The minimum absolute atomic E-state index is 0. The van der Waals surface area contributed by atoms with E-state index in [1.54, 1.807) is 0 Å². The van der Waals surface area contributed by atoms with Crippen LogP contribution in [0.2, 0.25) is 0 Å². The third-order valence-electron chi connectivity index (χ3n) is 2.84. The van der Waals surface area contributed by atoms with Crippen LogP contribution in [0.5, 0.6) is 5.75 Å². The number of benzene rings is 1. The summed E-state index contributed by atoms with van der Waals surface area (Å²) in [6.45, 7) is 2.01. The molecular weight excluding hydrogens is 285 g/mol. The fourth-order valence-electron chi connectivity index (χ4n) is 1.67. The van der Waals surface area contributed by atoms with Gasteiger partial charge in [0, 0.05) is 12.5 Å². The molecule has 0 aliphatic carbocycles. The molecule has 7 heteroatoms. The van der Waals surface area contributed by atoms with Crippen molar-refractivity contribution in [1.29, 1.82) is 0 Å². The third kappa shape index (κ3) is 3.68. The predicted octanol–water partition coefficient (Wildman–Crippen LogP) is 2.46. The summed E-state index contributed by atoms with van der Waals surface area (Å²) in [4.78, 5) is 4.25. The zero-order valence-electron chi connectivity index (χ0n) is 11.5. The highest BCUT2D eigenvalue weighted by molar-refractivity contribution is 5.85. The molecule has 0 bridgehead atoms. The molecule has 110 valence electrons.